The number of aromatic nitrogens is 1. The van der Waals surface area contributed by atoms with Crippen LogP contribution in [0.15, 0.2) is 12.1 Å². The first kappa shape index (κ1) is 14.9. The summed E-state index contributed by atoms with van der Waals surface area (Å²) in [5.41, 5.74) is 7.76. The molecule has 0 bridgehead atoms. The van der Waals surface area contributed by atoms with E-state index in [-0.39, 0.29) is 6.04 Å². The average molecular weight is 252 g/mol. The van der Waals surface area contributed by atoms with Gasteiger partial charge in [0.15, 0.2) is 0 Å². The van der Waals surface area contributed by atoms with E-state index in [9.17, 15) is 0 Å². The fourth-order valence-corrected chi connectivity index (χ4v) is 1.67. The minimum absolute atomic E-state index is 0.0880. The molecule has 0 aliphatic heterocycles. The molecule has 1 aromatic rings. The van der Waals surface area contributed by atoms with Crippen molar-refractivity contribution in [1.82, 2.24) is 4.98 Å². The van der Waals surface area contributed by atoms with E-state index in [4.69, 9.17) is 15.2 Å². The zero-order valence-electron chi connectivity index (χ0n) is 11.6. The van der Waals surface area contributed by atoms with Gasteiger partial charge in [0.1, 0.15) is 5.75 Å². The van der Waals surface area contributed by atoms with Crippen LogP contribution in [0.25, 0.3) is 0 Å². The van der Waals surface area contributed by atoms with Crippen molar-refractivity contribution in [2.24, 2.45) is 5.73 Å². The van der Waals surface area contributed by atoms with Crippen LogP contribution in [0.5, 0.6) is 5.75 Å². The van der Waals surface area contributed by atoms with E-state index in [1.54, 1.807) is 0 Å². The molecule has 0 radical (unpaired) electrons. The van der Waals surface area contributed by atoms with Crippen LogP contribution in [0.3, 0.4) is 0 Å². The van der Waals surface area contributed by atoms with Crippen LogP contribution in [-0.2, 0) is 11.2 Å². The Morgan fingerprint density at radius 1 is 1.33 bits per heavy atom. The van der Waals surface area contributed by atoms with Gasteiger partial charge in [-0.05, 0) is 32.9 Å². The van der Waals surface area contributed by atoms with E-state index < -0.39 is 0 Å². The molecular weight excluding hydrogens is 228 g/mol. The third-order valence-corrected chi connectivity index (χ3v) is 2.48. The molecule has 0 spiro atoms. The summed E-state index contributed by atoms with van der Waals surface area (Å²) < 4.78 is 11.0. The molecule has 0 saturated carbocycles. The van der Waals surface area contributed by atoms with Crippen molar-refractivity contribution in [1.29, 1.82) is 0 Å². The van der Waals surface area contributed by atoms with Gasteiger partial charge >= 0.3 is 0 Å². The molecular formula is C14H24N2O2. The normalized spacial score (nSPS) is 12.4. The van der Waals surface area contributed by atoms with Crippen LogP contribution in [0.4, 0.5) is 0 Å². The minimum Gasteiger partial charge on any atom is -0.492 e. The van der Waals surface area contributed by atoms with E-state index in [2.05, 4.69) is 4.98 Å². The number of pyridine rings is 1. The van der Waals surface area contributed by atoms with Crippen molar-refractivity contribution in [2.75, 3.05) is 19.8 Å². The van der Waals surface area contributed by atoms with Crippen LogP contribution in [0, 0.1) is 6.92 Å². The highest BCUT2D eigenvalue weighted by Crippen LogP contribution is 2.18. The zero-order chi connectivity index (χ0) is 13.4. The van der Waals surface area contributed by atoms with Gasteiger partial charge in [-0.3, -0.25) is 4.98 Å². The fourth-order valence-electron chi connectivity index (χ4n) is 1.67. The summed E-state index contributed by atoms with van der Waals surface area (Å²) in [6, 6.07) is 4.02. The van der Waals surface area contributed by atoms with Gasteiger partial charge < -0.3 is 15.2 Å². The number of aryl methyl sites for hydroxylation is 1. The summed E-state index contributed by atoms with van der Waals surface area (Å²) in [6.45, 7) is 8.08. The Balaban J connectivity index is 2.52. The molecule has 2 N–H and O–H groups in total. The predicted molar refractivity (Wildman–Crippen MR) is 72.9 cm³/mol. The van der Waals surface area contributed by atoms with E-state index in [1.165, 1.54) is 0 Å². The van der Waals surface area contributed by atoms with Gasteiger partial charge in [-0.25, -0.2) is 0 Å². The molecule has 18 heavy (non-hydrogen) atoms. The van der Waals surface area contributed by atoms with Gasteiger partial charge in [-0.15, -0.1) is 0 Å². The fraction of sp³-hybridized carbons (Fsp3) is 0.643. The van der Waals surface area contributed by atoms with Crippen molar-refractivity contribution in [3.05, 3.63) is 23.5 Å². The molecule has 0 amide bonds. The van der Waals surface area contributed by atoms with Crippen molar-refractivity contribution < 1.29 is 9.47 Å². The lowest BCUT2D eigenvalue weighted by molar-refractivity contribution is 0.130. The number of hydrogen-bond donors (Lipinski definition) is 1. The molecule has 4 nitrogen and oxygen atoms in total. The second kappa shape index (κ2) is 8.06. The molecule has 1 rings (SSSR count). The maximum atomic E-state index is 5.82. The van der Waals surface area contributed by atoms with Crippen LogP contribution >= 0.6 is 0 Å². The SMILES string of the molecule is CCOCCCOc1ccc(C)nc1CC(C)N. The van der Waals surface area contributed by atoms with Gasteiger partial charge in [0.2, 0.25) is 0 Å². The maximum Gasteiger partial charge on any atom is 0.140 e. The lowest BCUT2D eigenvalue weighted by atomic mass is 10.1. The molecule has 1 aromatic heterocycles. The Morgan fingerprint density at radius 2 is 2.11 bits per heavy atom. The molecule has 1 atom stereocenters. The van der Waals surface area contributed by atoms with Gasteiger partial charge in [-0.1, -0.05) is 0 Å². The van der Waals surface area contributed by atoms with Crippen molar-refractivity contribution in [2.45, 2.75) is 39.7 Å². The van der Waals surface area contributed by atoms with Gasteiger partial charge in [0.05, 0.1) is 12.3 Å². The molecule has 1 heterocycles. The summed E-state index contributed by atoms with van der Waals surface area (Å²) in [5, 5.41) is 0. The molecule has 0 aliphatic carbocycles. The second-order valence-electron chi connectivity index (χ2n) is 4.48. The van der Waals surface area contributed by atoms with Crippen LogP contribution < -0.4 is 10.5 Å². The Labute approximate surface area is 110 Å². The lowest BCUT2D eigenvalue weighted by Gasteiger charge is -2.13. The second-order valence-corrected chi connectivity index (χ2v) is 4.48. The van der Waals surface area contributed by atoms with E-state index in [0.29, 0.717) is 6.61 Å². The molecule has 1 unspecified atom stereocenters. The summed E-state index contributed by atoms with van der Waals surface area (Å²) >= 11 is 0. The Morgan fingerprint density at radius 3 is 2.78 bits per heavy atom. The molecule has 0 fully saturated rings. The first-order chi connectivity index (χ1) is 8.63. The number of nitrogens with zero attached hydrogens (tertiary/aromatic N) is 1. The highest BCUT2D eigenvalue weighted by atomic mass is 16.5. The zero-order valence-corrected chi connectivity index (χ0v) is 11.6. The smallest absolute Gasteiger partial charge is 0.140 e. The summed E-state index contributed by atoms with van der Waals surface area (Å²) in [6.07, 6.45) is 1.63. The van der Waals surface area contributed by atoms with Crippen molar-refractivity contribution >= 4 is 0 Å². The standard InChI is InChI=1S/C14H24N2O2/c1-4-17-8-5-9-18-14-7-6-12(3)16-13(14)10-11(2)15/h6-7,11H,4-5,8-10,15H2,1-3H3. The molecule has 4 heteroatoms. The number of hydrogen-bond acceptors (Lipinski definition) is 4. The Bertz CT molecular complexity index is 354. The largest absolute Gasteiger partial charge is 0.492 e. The van der Waals surface area contributed by atoms with Crippen LogP contribution in [0.2, 0.25) is 0 Å². The highest BCUT2D eigenvalue weighted by Gasteiger charge is 2.08. The third-order valence-electron chi connectivity index (χ3n) is 2.48. The molecule has 0 aliphatic rings. The Kier molecular flexibility index (Phi) is 6.68. The van der Waals surface area contributed by atoms with Crippen LogP contribution in [0.1, 0.15) is 31.7 Å². The van der Waals surface area contributed by atoms with Crippen molar-refractivity contribution in [3.63, 3.8) is 0 Å². The summed E-state index contributed by atoms with van der Waals surface area (Å²) in [7, 11) is 0. The quantitative estimate of drug-likeness (QED) is 0.720. The first-order valence-corrected chi connectivity index (χ1v) is 6.56. The van der Waals surface area contributed by atoms with Crippen molar-refractivity contribution in [3.8, 4) is 5.75 Å². The minimum atomic E-state index is 0.0880. The topological polar surface area (TPSA) is 57.4 Å². The average Bonchev–Trinajstić information content (AvgIpc) is 2.30. The van der Waals surface area contributed by atoms with Crippen LogP contribution in [-0.4, -0.2) is 30.8 Å². The summed E-state index contributed by atoms with van der Waals surface area (Å²) in [5.74, 6) is 0.842. The number of rotatable bonds is 8. The predicted octanol–water partition coefficient (Wildman–Crippen LogP) is 2.09. The number of ether oxygens (including phenoxy) is 2. The van der Waals surface area contributed by atoms with Gasteiger partial charge in [0, 0.05) is 37.8 Å². The molecule has 0 saturated heterocycles. The molecule has 102 valence electrons. The summed E-state index contributed by atoms with van der Waals surface area (Å²) in [4.78, 5) is 4.49. The third kappa shape index (κ3) is 5.47. The highest BCUT2D eigenvalue weighted by molar-refractivity contribution is 5.29. The lowest BCUT2D eigenvalue weighted by Crippen LogP contribution is -2.19. The first-order valence-electron chi connectivity index (χ1n) is 6.56. The van der Waals surface area contributed by atoms with E-state index in [0.717, 1.165) is 43.2 Å². The van der Waals surface area contributed by atoms with Gasteiger partial charge in [0.25, 0.3) is 0 Å². The monoisotopic (exact) mass is 252 g/mol. The maximum absolute atomic E-state index is 5.82. The molecule has 0 aromatic carbocycles. The Hall–Kier alpha value is -1.13. The van der Waals surface area contributed by atoms with E-state index >= 15 is 0 Å². The van der Waals surface area contributed by atoms with E-state index in [1.807, 2.05) is 32.9 Å². The number of nitrogens with two attached hydrogens (primary N) is 1. The van der Waals surface area contributed by atoms with Gasteiger partial charge in [-0.2, -0.15) is 0 Å².